The molecule has 18 heavy (non-hydrogen) atoms. The lowest BCUT2D eigenvalue weighted by Crippen LogP contribution is -2.06. The number of carbonyl (C=O) groups excluding carboxylic acids is 1. The average Bonchev–Trinajstić information content (AvgIpc) is 2.78. The van der Waals surface area contributed by atoms with Gasteiger partial charge in [0.25, 0.3) is 0 Å². The van der Waals surface area contributed by atoms with Crippen LogP contribution >= 0.6 is 11.6 Å². The number of esters is 1. The zero-order chi connectivity index (χ0) is 13.1. The molecule has 7 heteroatoms. The zero-order valence-corrected chi connectivity index (χ0v) is 10.2. The molecule has 0 saturated heterocycles. The standard InChI is InChI=1S/C11H9ClFN3O2/c1-2-18-11(17)10-9(14-16-15-10)7-4-3-6(13)5-8(7)12/h3-5H,2H2,1H3,(H,14,15,16). The lowest BCUT2D eigenvalue weighted by molar-refractivity contribution is 0.0520. The van der Waals surface area contributed by atoms with Gasteiger partial charge in [-0.2, -0.15) is 10.3 Å². The molecule has 0 unspecified atom stereocenters. The van der Waals surface area contributed by atoms with Gasteiger partial charge in [0.05, 0.1) is 11.6 Å². The highest BCUT2D eigenvalue weighted by Crippen LogP contribution is 2.28. The van der Waals surface area contributed by atoms with Crippen molar-refractivity contribution in [3.63, 3.8) is 0 Å². The minimum atomic E-state index is -0.610. The number of hydrogen-bond acceptors (Lipinski definition) is 4. The zero-order valence-electron chi connectivity index (χ0n) is 9.41. The molecule has 0 saturated carbocycles. The number of nitrogens with zero attached hydrogens (tertiary/aromatic N) is 2. The van der Waals surface area contributed by atoms with Crippen LogP contribution in [0.4, 0.5) is 4.39 Å². The second kappa shape index (κ2) is 5.14. The summed E-state index contributed by atoms with van der Waals surface area (Å²) < 4.78 is 17.8. The van der Waals surface area contributed by atoms with Crippen LogP contribution < -0.4 is 0 Å². The van der Waals surface area contributed by atoms with Crippen molar-refractivity contribution in [2.45, 2.75) is 6.92 Å². The van der Waals surface area contributed by atoms with Gasteiger partial charge in [0.2, 0.25) is 0 Å². The van der Waals surface area contributed by atoms with Gasteiger partial charge in [-0.25, -0.2) is 9.18 Å². The average molecular weight is 270 g/mol. The largest absolute Gasteiger partial charge is 0.461 e. The molecule has 0 radical (unpaired) electrons. The second-order valence-corrected chi connectivity index (χ2v) is 3.77. The Morgan fingerprint density at radius 2 is 2.28 bits per heavy atom. The van der Waals surface area contributed by atoms with E-state index >= 15 is 0 Å². The Bertz CT molecular complexity index is 585. The Morgan fingerprint density at radius 1 is 1.50 bits per heavy atom. The molecule has 94 valence electrons. The molecule has 1 aromatic heterocycles. The third kappa shape index (κ3) is 2.33. The van der Waals surface area contributed by atoms with E-state index in [1.165, 1.54) is 12.1 Å². The number of carbonyl (C=O) groups is 1. The van der Waals surface area contributed by atoms with Gasteiger partial charge in [0.1, 0.15) is 11.5 Å². The van der Waals surface area contributed by atoms with E-state index in [0.29, 0.717) is 5.56 Å². The lowest BCUT2D eigenvalue weighted by atomic mass is 10.1. The summed E-state index contributed by atoms with van der Waals surface area (Å²) in [7, 11) is 0. The van der Waals surface area contributed by atoms with Crippen LogP contribution in [0.3, 0.4) is 0 Å². The number of rotatable bonds is 3. The fourth-order valence-corrected chi connectivity index (χ4v) is 1.70. The molecule has 0 spiro atoms. The number of H-pyrrole nitrogens is 1. The summed E-state index contributed by atoms with van der Waals surface area (Å²) in [4.78, 5) is 11.6. The van der Waals surface area contributed by atoms with E-state index in [1.54, 1.807) is 6.92 Å². The molecule has 2 rings (SSSR count). The summed E-state index contributed by atoms with van der Waals surface area (Å²) in [5, 5.41) is 10.0. The Labute approximate surface area is 107 Å². The van der Waals surface area contributed by atoms with Crippen LogP contribution in [0.25, 0.3) is 11.3 Å². The Balaban J connectivity index is 2.45. The van der Waals surface area contributed by atoms with E-state index in [1.807, 2.05) is 0 Å². The van der Waals surface area contributed by atoms with E-state index < -0.39 is 11.8 Å². The van der Waals surface area contributed by atoms with Gasteiger partial charge in [-0.15, -0.1) is 5.10 Å². The first-order chi connectivity index (χ1) is 8.63. The molecule has 0 atom stereocenters. The maximum Gasteiger partial charge on any atom is 0.361 e. The first kappa shape index (κ1) is 12.5. The number of ether oxygens (including phenoxy) is 1. The molecule has 0 fully saturated rings. The molecule has 5 nitrogen and oxygen atoms in total. The summed E-state index contributed by atoms with van der Waals surface area (Å²) in [5.41, 5.74) is 0.665. The maximum atomic E-state index is 12.9. The minimum Gasteiger partial charge on any atom is -0.461 e. The molecule has 0 bridgehead atoms. The van der Waals surface area contributed by atoms with Crippen LogP contribution in [0.2, 0.25) is 5.02 Å². The summed E-state index contributed by atoms with van der Waals surface area (Å²) >= 11 is 5.90. The van der Waals surface area contributed by atoms with E-state index in [2.05, 4.69) is 15.4 Å². The van der Waals surface area contributed by atoms with Gasteiger partial charge in [-0.1, -0.05) is 11.6 Å². The first-order valence-electron chi connectivity index (χ1n) is 5.16. The lowest BCUT2D eigenvalue weighted by Gasteiger charge is -2.03. The third-order valence-corrected chi connectivity index (χ3v) is 2.52. The molecule has 1 heterocycles. The van der Waals surface area contributed by atoms with Gasteiger partial charge in [0, 0.05) is 5.56 Å². The van der Waals surface area contributed by atoms with E-state index in [9.17, 15) is 9.18 Å². The van der Waals surface area contributed by atoms with Crippen LogP contribution in [0.1, 0.15) is 17.4 Å². The molecule has 0 aliphatic carbocycles. The van der Waals surface area contributed by atoms with Crippen LogP contribution in [0, 0.1) is 5.82 Å². The fraction of sp³-hybridized carbons (Fsp3) is 0.182. The highest BCUT2D eigenvalue weighted by Gasteiger charge is 2.20. The van der Waals surface area contributed by atoms with Gasteiger partial charge in [-0.05, 0) is 25.1 Å². The van der Waals surface area contributed by atoms with Crippen LogP contribution in [-0.2, 0) is 4.74 Å². The maximum absolute atomic E-state index is 12.9. The predicted octanol–water partition coefficient (Wildman–Crippen LogP) is 2.44. The molecule has 0 aliphatic rings. The highest BCUT2D eigenvalue weighted by atomic mass is 35.5. The Kier molecular flexibility index (Phi) is 3.57. The van der Waals surface area contributed by atoms with Gasteiger partial charge in [0.15, 0.2) is 5.69 Å². The Morgan fingerprint density at radius 3 is 2.94 bits per heavy atom. The van der Waals surface area contributed by atoms with Crippen molar-refractivity contribution >= 4 is 17.6 Å². The van der Waals surface area contributed by atoms with E-state index in [4.69, 9.17) is 16.3 Å². The van der Waals surface area contributed by atoms with Crippen molar-refractivity contribution in [2.75, 3.05) is 6.61 Å². The fourth-order valence-electron chi connectivity index (χ4n) is 1.44. The monoisotopic (exact) mass is 269 g/mol. The summed E-state index contributed by atoms with van der Waals surface area (Å²) in [6, 6.07) is 3.80. The van der Waals surface area contributed by atoms with Crippen molar-refractivity contribution in [3.8, 4) is 11.3 Å². The summed E-state index contributed by atoms with van der Waals surface area (Å²) in [5.74, 6) is -1.08. The van der Waals surface area contributed by atoms with E-state index in [0.717, 1.165) is 6.07 Å². The number of aromatic nitrogens is 3. The van der Waals surface area contributed by atoms with Crippen LogP contribution in [-0.4, -0.2) is 28.0 Å². The first-order valence-corrected chi connectivity index (χ1v) is 5.54. The molecule has 0 amide bonds. The SMILES string of the molecule is CCOC(=O)c1n[nH]nc1-c1ccc(F)cc1Cl. The number of halogens is 2. The van der Waals surface area contributed by atoms with Crippen molar-refractivity contribution in [1.29, 1.82) is 0 Å². The quantitative estimate of drug-likeness (QED) is 0.869. The minimum absolute atomic E-state index is 0.0189. The number of aromatic amines is 1. The van der Waals surface area contributed by atoms with Gasteiger partial charge >= 0.3 is 5.97 Å². The van der Waals surface area contributed by atoms with Crippen molar-refractivity contribution in [3.05, 3.63) is 34.7 Å². The summed E-state index contributed by atoms with van der Waals surface area (Å²) in [6.07, 6.45) is 0. The molecule has 1 N–H and O–H groups in total. The molecule has 1 aromatic carbocycles. The smallest absolute Gasteiger partial charge is 0.361 e. The topological polar surface area (TPSA) is 67.9 Å². The molecule has 2 aromatic rings. The molecular weight excluding hydrogens is 261 g/mol. The number of nitrogens with one attached hydrogen (secondary N) is 1. The second-order valence-electron chi connectivity index (χ2n) is 3.37. The van der Waals surface area contributed by atoms with Crippen LogP contribution in [0.15, 0.2) is 18.2 Å². The van der Waals surface area contributed by atoms with E-state index in [-0.39, 0.29) is 23.0 Å². The molecular formula is C11H9ClFN3O2. The van der Waals surface area contributed by atoms with Crippen LogP contribution in [0.5, 0.6) is 0 Å². The van der Waals surface area contributed by atoms with Crippen molar-refractivity contribution < 1.29 is 13.9 Å². The number of benzene rings is 1. The van der Waals surface area contributed by atoms with Gasteiger partial charge in [-0.3, -0.25) is 0 Å². The van der Waals surface area contributed by atoms with Crippen molar-refractivity contribution in [2.24, 2.45) is 0 Å². The number of hydrogen-bond donors (Lipinski definition) is 1. The predicted molar refractivity (Wildman–Crippen MR) is 62.7 cm³/mol. The normalized spacial score (nSPS) is 10.4. The molecule has 0 aliphatic heterocycles. The Hall–Kier alpha value is -1.95. The van der Waals surface area contributed by atoms with Crippen molar-refractivity contribution in [1.82, 2.24) is 15.4 Å². The third-order valence-electron chi connectivity index (χ3n) is 2.20. The van der Waals surface area contributed by atoms with Gasteiger partial charge < -0.3 is 4.74 Å². The highest BCUT2D eigenvalue weighted by molar-refractivity contribution is 6.33. The summed E-state index contributed by atoms with van der Waals surface area (Å²) in [6.45, 7) is 1.91.